The van der Waals surface area contributed by atoms with Crippen LogP contribution in [0.1, 0.15) is 20.8 Å². The molecule has 0 saturated carbocycles. The van der Waals surface area contributed by atoms with Gasteiger partial charge in [0.25, 0.3) is 0 Å². The molecule has 0 aromatic carbocycles. The highest BCUT2D eigenvalue weighted by Crippen LogP contribution is 2.04. The summed E-state index contributed by atoms with van der Waals surface area (Å²) in [6.45, 7) is 3.79. The zero-order valence-electron chi connectivity index (χ0n) is 15.4. The van der Waals surface area contributed by atoms with Crippen LogP contribution in [0.5, 0.6) is 0 Å². The number of aliphatic carboxylic acids is 1. The standard InChI is InChI=1S/C15H28N4O7S/c1-6(2)10(15(25)26)18-14(24)11(7(3)21)19-13(23)9(5-27)17-12(22)8(16)4-20/h6-11,20-21,27H,4-5,16H2,1-3H3,(H,17,22)(H,18,24)(H,19,23)(H,25,26). The first-order chi connectivity index (χ1) is 12.5. The predicted octanol–water partition coefficient (Wildman–Crippen LogP) is -3.19. The third-order valence-corrected chi connectivity index (χ3v) is 4.01. The second kappa shape index (κ2) is 11.7. The Morgan fingerprint density at radius 3 is 1.85 bits per heavy atom. The van der Waals surface area contributed by atoms with Gasteiger partial charge in [0, 0.05) is 5.75 Å². The van der Waals surface area contributed by atoms with Crippen LogP contribution in [0.25, 0.3) is 0 Å². The van der Waals surface area contributed by atoms with Crippen LogP contribution in [0.4, 0.5) is 0 Å². The Labute approximate surface area is 162 Å². The summed E-state index contributed by atoms with van der Waals surface area (Å²) in [4.78, 5) is 47.5. The molecule has 0 aliphatic rings. The minimum absolute atomic E-state index is 0.145. The SMILES string of the molecule is CC(C)C(NC(=O)C(NC(=O)C(CS)NC(=O)C(N)CO)C(C)O)C(=O)O. The molecular weight excluding hydrogens is 380 g/mol. The molecular formula is C15H28N4O7S. The summed E-state index contributed by atoms with van der Waals surface area (Å²) < 4.78 is 0. The Morgan fingerprint density at radius 2 is 1.48 bits per heavy atom. The lowest BCUT2D eigenvalue weighted by Crippen LogP contribution is -2.60. The number of nitrogens with one attached hydrogen (secondary N) is 3. The lowest BCUT2D eigenvalue weighted by Gasteiger charge is -2.26. The molecule has 0 aromatic heterocycles. The number of hydrogen-bond acceptors (Lipinski definition) is 8. The van der Waals surface area contributed by atoms with Crippen molar-refractivity contribution in [1.29, 1.82) is 0 Å². The highest BCUT2D eigenvalue weighted by Gasteiger charge is 2.33. The summed E-state index contributed by atoms with van der Waals surface area (Å²) in [6, 6.07) is -5.09. The Balaban J connectivity index is 5.16. The first-order valence-electron chi connectivity index (χ1n) is 8.25. The van der Waals surface area contributed by atoms with Gasteiger partial charge in [0.2, 0.25) is 17.7 Å². The van der Waals surface area contributed by atoms with E-state index in [9.17, 15) is 24.3 Å². The van der Waals surface area contributed by atoms with Crippen molar-refractivity contribution in [2.24, 2.45) is 11.7 Å². The number of carboxylic acids is 1. The van der Waals surface area contributed by atoms with Crippen molar-refractivity contribution in [2.75, 3.05) is 12.4 Å². The average molecular weight is 408 g/mol. The van der Waals surface area contributed by atoms with E-state index in [2.05, 4.69) is 28.6 Å². The van der Waals surface area contributed by atoms with Gasteiger partial charge < -0.3 is 37.0 Å². The van der Waals surface area contributed by atoms with E-state index in [0.717, 1.165) is 0 Å². The molecule has 3 amide bonds. The van der Waals surface area contributed by atoms with Gasteiger partial charge in [-0.1, -0.05) is 13.8 Å². The van der Waals surface area contributed by atoms with E-state index in [1.165, 1.54) is 6.92 Å². The van der Waals surface area contributed by atoms with Crippen LogP contribution >= 0.6 is 12.6 Å². The normalized spacial score (nSPS) is 16.6. The molecule has 8 N–H and O–H groups in total. The fraction of sp³-hybridized carbons (Fsp3) is 0.733. The molecule has 5 atom stereocenters. The van der Waals surface area contributed by atoms with Crippen LogP contribution < -0.4 is 21.7 Å². The number of amides is 3. The molecule has 0 heterocycles. The lowest BCUT2D eigenvalue weighted by atomic mass is 10.0. The van der Waals surface area contributed by atoms with Crippen molar-refractivity contribution in [3.05, 3.63) is 0 Å². The lowest BCUT2D eigenvalue weighted by molar-refractivity contribution is -0.144. The minimum Gasteiger partial charge on any atom is -0.480 e. The third kappa shape index (κ3) is 8.12. The first-order valence-corrected chi connectivity index (χ1v) is 8.88. The molecule has 27 heavy (non-hydrogen) atoms. The molecule has 5 unspecified atom stereocenters. The van der Waals surface area contributed by atoms with Crippen LogP contribution in [0, 0.1) is 5.92 Å². The van der Waals surface area contributed by atoms with Gasteiger partial charge in [0.1, 0.15) is 24.2 Å². The van der Waals surface area contributed by atoms with Crippen molar-refractivity contribution < 1.29 is 34.5 Å². The number of thiol groups is 1. The van der Waals surface area contributed by atoms with Crippen LogP contribution in [-0.2, 0) is 19.2 Å². The number of aliphatic hydroxyl groups is 2. The predicted molar refractivity (Wildman–Crippen MR) is 98.9 cm³/mol. The largest absolute Gasteiger partial charge is 0.480 e. The summed E-state index contributed by atoms with van der Waals surface area (Å²) in [7, 11) is 0. The molecule has 0 saturated heterocycles. The molecule has 156 valence electrons. The fourth-order valence-corrected chi connectivity index (χ4v) is 2.23. The molecule has 0 bridgehead atoms. The van der Waals surface area contributed by atoms with E-state index in [-0.39, 0.29) is 5.75 Å². The molecule has 0 fully saturated rings. The van der Waals surface area contributed by atoms with E-state index in [4.69, 9.17) is 15.9 Å². The van der Waals surface area contributed by atoms with E-state index in [1.807, 2.05) is 0 Å². The summed E-state index contributed by atoms with van der Waals surface area (Å²) in [6.07, 6.45) is -1.34. The highest BCUT2D eigenvalue weighted by molar-refractivity contribution is 7.80. The van der Waals surface area contributed by atoms with E-state index in [1.54, 1.807) is 13.8 Å². The van der Waals surface area contributed by atoms with Gasteiger partial charge in [-0.2, -0.15) is 12.6 Å². The smallest absolute Gasteiger partial charge is 0.326 e. The minimum atomic E-state index is -1.45. The van der Waals surface area contributed by atoms with E-state index < -0.39 is 66.5 Å². The quantitative estimate of drug-likeness (QED) is 0.164. The molecule has 0 rings (SSSR count). The van der Waals surface area contributed by atoms with Crippen molar-refractivity contribution in [2.45, 2.75) is 51.0 Å². The number of carbonyl (C=O) groups is 4. The van der Waals surface area contributed by atoms with Gasteiger partial charge >= 0.3 is 5.97 Å². The second-order valence-corrected chi connectivity index (χ2v) is 6.69. The van der Waals surface area contributed by atoms with Gasteiger partial charge in [-0.05, 0) is 12.8 Å². The van der Waals surface area contributed by atoms with Gasteiger partial charge in [-0.15, -0.1) is 0 Å². The third-order valence-electron chi connectivity index (χ3n) is 3.64. The number of hydrogen-bond donors (Lipinski definition) is 8. The summed E-state index contributed by atoms with van der Waals surface area (Å²) >= 11 is 3.94. The average Bonchev–Trinajstić information content (AvgIpc) is 2.59. The van der Waals surface area contributed by atoms with Crippen molar-refractivity contribution in [1.82, 2.24) is 16.0 Å². The van der Waals surface area contributed by atoms with Crippen molar-refractivity contribution in [3.8, 4) is 0 Å². The van der Waals surface area contributed by atoms with Gasteiger partial charge in [0.15, 0.2) is 0 Å². The first kappa shape index (κ1) is 25.1. The fourth-order valence-electron chi connectivity index (χ4n) is 1.97. The number of rotatable bonds is 11. The van der Waals surface area contributed by atoms with E-state index in [0.29, 0.717) is 0 Å². The topological polar surface area (TPSA) is 191 Å². The molecule has 0 aliphatic carbocycles. The monoisotopic (exact) mass is 408 g/mol. The Kier molecular flexibility index (Phi) is 10.9. The molecule has 0 aromatic rings. The van der Waals surface area contributed by atoms with Crippen LogP contribution in [0.2, 0.25) is 0 Å². The molecule has 0 aliphatic heterocycles. The molecule has 11 nitrogen and oxygen atoms in total. The molecule has 0 radical (unpaired) electrons. The number of carboxylic acid groups (broad SMARTS) is 1. The second-order valence-electron chi connectivity index (χ2n) is 6.33. The van der Waals surface area contributed by atoms with Gasteiger partial charge in [-0.25, -0.2) is 4.79 Å². The highest BCUT2D eigenvalue weighted by atomic mass is 32.1. The maximum atomic E-state index is 12.3. The van der Waals surface area contributed by atoms with Gasteiger partial charge in [0.05, 0.1) is 12.7 Å². The van der Waals surface area contributed by atoms with E-state index >= 15 is 0 Å². The van der Waals surface area contributed by atoms with Crippen LogP contribution in [0.15, 0.2) is 0 Å². The summed E-state index contributed by atoms with van der Waals surface area (Å²) in [5.41, 5.74) is 5.35. The summed E-state index contributed by atoms with van der Waals surface area (Å²) in [5.74, 6) is -4.35. The van der Waals surface area contributed by atoms with Gasteiger partial charge in [-0.3, -0.25) is 14.4 Å². The van der Waals surface area contributed by atoms with Crippen molar-refractivity contribution in [3.63, 3.8) is 0 Å². The van der Waals surface area contributed by atoms with Crippen molar-refractivity contribution >= 4 is 36.3 Å². The Bertz CT molecular complexity index is 544. The number of nitrogens with two attached hydrogens (primary N) is 1. The Hall–Kier alpha value is -1.89. The summed E-state index contributed by atoms with van der Waals surface area (Å²) in [5, 5.41) is 34.6. The van der Waals surface area contributed by atoms with Crippen LogP contribution in [0.3, 0.4) is 0 Å². The maximum Gasteiger partial charge on any atom is 0.326 e. The molecule has 12 heteroatoms. The van der Waals surface area contributed by atoms with Crippen LogP contribution in [-0.4, -0.2) is 81.6 Å². The number of carbonyl (C=O) groups excluding carboxylic acids is 3. The maximum absolute atomic E-state index is 12.3. The zero-order valence-corrected chi connectivity index (χ0v) is 16.3. The number of aliphatic hydroxyl groups excluding tert-OH is 2. The molecule has 0 spiro atoms. The zero-order chi connectivity index (χ0) is 21.3. The Morgan fingerprint density at radius 1 is 0.963 bits per heavy atom.